The van der Waals surface area contributed by atoms with Crippen LogP contribution in [0.5, 0.6) is 0 Å². The fourth-order valence-electron chi connectivity index (χ4n) is 7.07. The summed E-state index contributed by atoms with van der Waals surface area (Å²) < 4.78 is 17.3. The Labute approximate surface area is 407 Å². The van der Waals surface area contributed by atoms with Crippen molar-refractivity contribution in [2.45, 2.75) is 232 Å². The van der Waals surface area contributed by atoms with E-state index in [1.54, 1.807) is 0 Å². The molecule has 5 heteroatoms. The molecule has 374 valence electrons. The summed E-state index contributed by atoms with van der Waals surface area (Å²) in [5, 5.41) is 0. The molecule has 0 heterocycles. The van der Waals surface area contributed by atoms with E-state index >= 15 is 0 Å². The molecule has 0 rings (SSSR count). The highest BCUT2D eigenvalue weighted by Crippen LogP contribution is 2.15. The fourth-order valence-corrected chi connectivity index (χ4v) is 7.07. The van der Waals surface area contributed by atoms with E-state index in [4.69, 9.17) is 14.2 Å². The Morgan fingerprint density at radius 2 is 0.697 bits per heavy atom. The average molecular weight is 913 g/mol. The molecule has 0 radical (unpaired) electrons. The number of ether oxygens (including phenoxy) is 3. The Bertz CT molecular complexity index is 1350. The van der Waals surface area contributed by atoms with Crippen molar-refractivity contribution < 1.29 is 23.8 Å². The number of carbonyl (C=O) groups excluding carboxylic acids is 2. The van der Waals surface area contributed by atoms with Crippen molar-refractivity contribution in [1.82, 2.24) is 0 Å². The molecule has 0 bridgehead atoms. The van der Waals surface area contributed by atoms with Gasteiger partial charge in [-0.05, 0) is 89.9 Å². The quantitative estimate of drug-likeness (QED) is 0.0346. The third-order valence-corrected chi connectivity index (χ3v) is 11.0. The minimum atomic E-state index is -0.601. The van der Waals surface area contributed by atoms with Crippen molar-refractivity contribution in [2.24, 2.45) is 0 Å². The van der Waals surface area contributed by atoms with E-state index in [0.29, 0.717) is 19.4 Å². The minimum absolute atomic E-state index is 0.0181. The smallest absolute Gasteiger partial charge is 0.306 e. The van der Waals surface area contributed by atoms with E-state index in [2.05, 4.69) is 136 Å². The lowest BCUT2D eigenvalue weighted by Crippen LogP contribution is -2.30. The monoisotopic (exact) mass is 913 g/mol. The van der Waals surface area contributed by atoms with Crippen LogP contribution in [0.1, 0.15) is 226 Å². The first kappa shape index (κ1) is 62.3. The summed E-state index contributed by atoms with van der Waals surface area (Å²) in [5.74, 6) is -0.526. The number of rotatable bonds is 48. The zero-order valence-electron chi connectivity index (χ0n) is 42.9. The van der Waals surface area contributed by atoms with E-state index in [9.17, 15) is 9.59 Å². The molecule has 0 aliphatic carbocycles. The van der Waals surface area contributed by atoms with Crippen molar-refractivity contribution in [2.75, 3.05) is 19.8 Å². The molecule has 5 nitrogen and oxygen atoms in total. The van der Waals surface area contributed by atoms with Crippen LogP contribution in [0, 0.1) is 0 Å². The van der Waals surface area contributed by atoms with Crippen molar-refractivity contribution in [3.05, 3.63) is 122 Å². The number of esters is 2. The number of allylic oxidation sites excluding steroid dienone is 20. The maximum Gasteiger partial charge on any atom is 0.306 e. The van der Waals surface area contributed by atoms with Crippen LogP contribution in [0.15, 0.2) is 122 Å². The predicted octanol–water partition coefficient (Wildman–Crippen LogP) is 18.6. The summed E-state index contributed by atoms with van der Waals surface area (Å²) in [7, 11) is 0. The lowest BCUT2D eigenvalue weighted by molar-refractivity contribution is -0.162. The second-order valence-corrected chi connectivity index (χ2v) is 17.4. The Morgan fingerprint density at radius 3 is 1.09 bits per heavy atom. The fraction of sp³-hybridized carbons (Fsp3) is 0.639. The average Bonchev–Trinajstić information content (AvgIpc) is 3.32. The van der Waals surface area contributed by atoms with Gasteiger partial charge in [-0.1, -0.05) is 245 Å². The van der Waals surface area contributed by atoms with Crippen LogP contribution in [-0.4, -0.2) is 37.9 Å². The van der Waals surface area contributed by atoms with Crippen molar-refractivity contribution in [1.29, 1.82) is 0 Å². The van der Waals surface area contributed by atoms with Crippen LogP contribution in [0.2, 0.25) is 0 Å². The van der Waals surface area contributed by atoms with Gasteiger partial charge >= 0.3 is 11.9 Å². The predicted molar refractivity (Wildman–Crippen MR) is 288 cm³/mol. The van der Waals surface area contributed by atoms with E-state index in [-0.39, 0.29) is 31.6 Å². The maximum absolute atomic E-state index is 12.8. The third-order valence-electron chi connectivity index (χ3n) is 11.0. The standard InChI is InChI=1S/C61H100O5/c1-4-7-10-13-16-19-22-25-28-30-31-33-34-36-39-42-45-48-51-54-60(62)65-58-59(57-64-56-53-50-47-44-41-38-27-24-21-18-15-12-9-6-3)66-61(63)55-52-49-46-43-40-37-35-32-29-26-23-20-17-14-11-8-5-2/h7,9-10,12,16,18-19,21,25,27-28,31,33,36,38-39,44-45,47-48,59H,4-6,8,11,13-15,17,20,22-24,26,29-30,32,34-35,37,40-43,46,49-58H2,1-3H3/b10-7-,12-9-,19-16-,21-18-,28-25-,33-31-,38-27-,39-36-,47-44-,48-45-. The van der Waals surface area contributed by atoms with Gasteiger partial charge in [0.05, 0.1) is 6.61 Å². The first-order chi connectivity index (χ1) is 32.6. The highest BCUT2D eigenvalue weighted by molar-refractivity contribution is 5.70. The lowest BCUT2D eigenvalue weighted by Gasteiger charge is -2.18. The maximum atomic E-state index is 12.8. The molecule has 1 unspecified atom stereocenters. The van der Waals surface area contributed by atoms with Crippen molar-refractivity contribution in [3.63, 3.8) is 0 Å². The first-order valence-corrected chi connectivity index (χ1v) is 27.1. The topological polar surface area (TPSA) is 61.8 Å². The largest absolute Gasteiger partial charge is 0.462 e. The van der Waals surface area contributed by atoms with E-state index < -0.39 is 6.10 Å². The zero-order valence-corrected chi connectivity index (χ0v) is 42.9. The molecule has 0 aliphatic rings. The molecule has 66 heavy (non-hydrogen) atoms. The van der Waals surface area contributed by atoms with E-state index in [0.717, 1.165) is 96.3 Å². The SMILES string of the molecule is CC/C=C\C/C=C\C/C=C\C/C=C\C/C=C\C/C=C\CCC(=O)OCC(COCCC/C=C\C/C=C\C/C=C\C/C=C\CC)OC(=O)CCCCCCCCCCCCCCCCCCC. The van der Waals surface area contributed by atoms with Crippen LogP contribution < -0.4 is 0 Å². The Balaban J connectivity index is 4.45. The summed E-state index contributed by atoms with van der Waals surface area (Å²) >= 11 is 0. The van der Waals surface area contributed by atoms with Gasteiger partial charge in [0, 0.05) is 19.4 Å². The first-order valence-electron chi connectivity index (χ1n) is 27.1. The number of hydrogen-bond acceptors (Lipinski definition) is 5. The van der Waals surface area contributed by atoms with Gasteiger partial charge in [0.2, 0.25) is 0 Å². The van der Waals surface area contributed by atoms with Gasteiger partial charge in [0.25, 0.3) is 0 Å². The van der Waals surface area contributed by atoms with Gasteiger partial charge in [0.1, 0.15) is 6.61 Å². The number of carbonyl (C=O) groups is 2. The second kappa shape index (κ2) is 55.6. The Morgan fingerprint density at radius 1 is 0.348 bits per heavy atom. The van der Waals surface area contributed by atoms with Crippen molar-refractivity contribution >= 4 is 11.9 Å². The van der Waals surface area contributed by atoms with Gasteiger partial charge in [-0.25, -0.2) is 0 Å². The second-order valence-electron chi connectivity index (χ2n) is 17.4. The summed E-state index contributed by atoms with van der Waals surface area (Å²) in [5.41, 5.74) is 0. The molecule has 0 spiro atoms. The molecule has 1 atom stereocenters. The Kier molecular flexibility index (Phi) is 52.5. The van der Waals surface area contributed by atoms with E-state index in [1.165, 1.54) is 89.9 Å². The Hall–Kier alpha value is -3.70. The molecule has 0 saturated carbocycles. The highest BCUT2D eigenvalue weighted by Gasteiger charge is 2.17. The molecule has 0 aromatic rings. The molecule has 0 aromatic carbocycles. The van der Waals surface area contributed by atoms with Crippen molar-refractivity contribution in [3.8, 4) is 0 Å². The van der Waals surface area contributed by atoms with Crippen LogP contribution in [0.25, 0.3) is 0 Å². The van der Waals surface area contributed by atoms with Crippen LogP contribution in [0.4, 0.5) is 0 Å². The van der Waals surface area contributed by atoms with Gasteiger partial charge in [-0.3, -0.25) is 9.59 Å². The molecule has 0 aliphatic heterocycles. The van der Waals surface area contributed by atoms with E-state index in [1.807, 2.05) is 6.08 Å². The van der Waals surface area contributed by atoms with Gasteiger partial charge in [-0.2, -0.15) is 0 Å². The van der Waals surface area contributed by atoms with Crippen LogP contribution in [-0.2, 0) is 23.8 Å². The summed E-state index contributed by atoms with van der Waals surface area (Å²) in [6.45, 7) is 7.39. The number of hydrogen-bond donors (Lipinski definition) is 0. The van der Waals surface area contributed by atoms with Gasteiger partial charge in [0.15, 0.2) is 6.10 Å². The molecule has 0 N–H and O–H groups in total. The molecular formula is C61H100O5. The molecule has 0 amide bonds. The highest BCUT2D eigenvalue weighted by atomic mass is 16.6. The van der Waals surface area contributed by atoms with Gasteiger partial charge < -0.3 is 14.2 Å². The zero-order chi connectivity index (χ0) is 47.7. The van der Waals surface area contributed by atoms with Crippen LogP contribution in [0.3, 0.4) is 0 Å². The minimum Gasteiger partial charge on any atom is -0.462 e. The third kappa shape index (κ3) is 52.9. The normalized spacial score (nSPS) is 13.2. The summed E-state index contributed by atoms with van der Waals surface area (Å²) in [6, 6.07) is 0. The summed E-state index contributed by atoms with van der Waals surface area (Å²) in [6.07, 6.45) is 78.1. The van der Waals surface area contributed by atoms with Gasteiger partial charge in [-0.15, -0.1) is 0 Å². The van der Waals surface area contributed by atoms with Crippen LogP contribution >= 0.6 is 0 Å². The molecule has 0 fully saturated rings. The molecular weight excluding hydrogens is 813 g/mol. The lowest BCUT2D eigenvalue weighted by atomic mass is 10.0. The number of unbranched alkanes of at least 4 members (excludes halogenated alkanes) is 17. The molecule has 0 saturated heterocycles. The summed E-state index contributed by atoms with van der Waals surface area (Å²) in [4.78, 5) is 25.4. The molecule has 0 aromatic heterocycles.